The van der Waals surface area contributed by atoms with Crippen molar-refractivity contribution < 1.29 is 11.0 Å². The third kappa shape index (κ3) is 7.97. The quantitative estimate of drug-likeness (QED) is 0.127. The number of rotatable bonds is 11. The highest BCUT2D eigenvalue weighted by molar-refractivity contribution is 7.26. The SMILES string of the molecule is [2H]C1([2H])c2ccc(-c3ccc(N(c4ccc(-c5ccc(N(c6ccc(-c7ccc8c(c7)C([2H])([2H])C8([2H])[2H])cc6-c6ccccc6)c6cccc7c6sc6ccccc67)cc5)cc4)c4cccc5c4sc4ccccc45)c(-c4ccccc4)c3)cc2C1([2H])[2H]. The first-order valence-electron chi connectivity index (χ1n) is 31.0. The van der Waals surface area contributed by atoms with Crippen LogP contribution in [-0.4, -0.2) is 0 Å². The number of nitrogens with zero attached hydrogens (tertiary/aromatic N) is 2. The second-order valence-corrected chi connectivity index (χ2v) is 22.6. The van der Waals surface area contributed by atoms with Crippen molar-refractivity contribution in [1.29, 1.82) is 0 Å². The van der Waals surface area contributed by atoms with Crippen LogP contribution in [0.25, 0.3) is 96.0 Å². The molecule has 0 radical (unpaired) electrons. The zero-order chi connectivity index (χ0) is 59.8. The van der Waals surface area contributed by atoms with Crippen LogP contribution in [0.4, 0.5) is 34.1 Å². The van der Waals surface area contributed by atoms with Gasteiger partial charge in [0.25, 0.3) is 0 Å². The summed E-state index contributed by atoms with van der Waals surface area (Å²) < 4.78 is 73.0. The maximum atomic E-state index is 8.63. The van der Waals surface area contributed by atoms with Gasteiger partial charge in [-0.2, -0.15) is 0 Å². The highest BCUT2D eigenvalue weighted by atomic mass is 32.1. The molecule has 2 heterocycles. The molecular formula is C76H52N2S2. The van der Waals surface area contributed by atoms with Crippen LogP contribution in [0.1, 0.15) is 33.2 Å². The zero-order valence-electron chi connectivity index (χ0n) is 51.1. The Balaban J connectivity index is 0.821. The van der Waals surface area contributed by atoms with Crippen molar-refractivity contribution >= 4 is 97.1 Å². The van der Waals surface area contributed by atoms with Gasteiger partial charge in [-0.05, 0) is 165 Å². The van der Waals surface area contributed by atoms with E-state index in [1.54, 1.807) is 34.8 Å². The van der Waals surface area contributed by atoms with Crippen LogP contribution in [0.15, 0.2) is 267 Å². The molecule has 0 unspecified atom stereocenters. The molecule has 0 fully saturated rings. The van der Waals surface area contributed by atoms with Crippen LogP contribution >= 0.6 is 22.7 Å². The van der Waals surface area contributed by atoms with Crippen molar-refractivity contribution in [1.82, 2.24) is 0 Å². The lowest BCUT2D eigenvalue weighted by molar-refractivity contribution is 0.840. The molecule has 0 atom stereocenters. The topological polar surface area (TPSA) is 6.48 Å². The van der Waals surface area contributed by atoms with Gasteiger partial charge in [-0.25, -0.2) is 0 Å². The Morgan fingerprint density at radius 1 is 0.263 bits per heavy atom. The molecule has 2 aromatic heterocycles. The summed E-state index contributed by atoms with van der Waals surface area (Å²) in [4.78, 5) is 4.73. The van der Waals surface area contributed by atoms with E-state index in [4.69, 9.17) is 11.0 Å². The summed E-state index contributed by atoms with van der Waals surface area (Å²) in [5.41, 5.74) is 17.1. The fourth-order valence-corrected chi connectivity index (χ4v) is 14.2. The first kappa shape index (κ1) is 39.1. The molecule has 80 heavy (non-hydrogen) atoms. The standard InChI is InChI=1S/C76H52N2S2/c1-3-13-53(14-4-1)67-47-59(57-31-27-51-25-29-55(51)45-57)37-43-69(67)77(71-21-11-19-65-63-17-7-9-23-73(63)79-75(65)71)61-39-33-49(34-40-61)50-35-41-62(42-36-50)78(72-22-12-20-66-64-18-8-10-24-74(64)80-76(66)72)70-44-38-60(48-68(70)54-15-5-2-6-16-54)58-32-28-52-26-30-56(52)46-58/h1-24,27-28,31-48H,25-26,29-30H2/i25D2,26D2,29D2,30D2. The number of hydrogen-bond acceptors (Lipinski definition) is 4. The van der Waals surface area contributed by atoms with Crippen molar-refractivity contribution in [2.24, 2.45) is 0 Å². The fourth-order valence-electron chi connectivity index (χ4n) is 11.8. The van der Waals surface area contributed by atoms with Gasteiger partial charge in [-0.1, -0.05) is 194 Å². The number of anilines is 6. The fraction of sp³-hybridized carbons (Fsp3) is 0.0526. The van der Waals surface area contributed by atoms with Crippen LogP contribution < -0.4 is 9.80 Å². The largest absolute Gasteiger partial charge is 0.308 e. The molecule has 0 aliphatic heterocycles. The average Bonchev–Trinajstić information content (AvgIpc) is 0.897. The highest BCUT2D eigenvalue weighted by Gasteiger charge is 2.25. The minimum absolute atomic E-state index is 0.387. The van der Waals surface area contributed by atoms with E-state index in [9.17, 15) is 0 Å². The monoisotopic (exact) mass is 1060 g/mol. The van der Waals surface area contributed by atoms with Gasteiger partial charge < -0.3 is 9.80 Å². The Labute approximate surface area is 485 Å². The molecule has 0 bridgehead atoms. The molecule has 0 saturated heterocycles. The lowest BCUT2D eigenvalue weighted by Crippen LogP contribution is -2.12. The summed E-state index contributed by atoms with van der Waals surface area (Å²) in [6, 6.07) is 92.4. The van der Waals surface area contributed by atoms with E-state index >= 15 is 0 Å². The molecule has 0 saturated carbocycles. The number of fused-ring (bicyclic) bond motifs is 8. The molecule has 2 aliphatic carbocycles. The Bertz CT molecular complexity index is 4790. The second-order valence-electron chi connectivity index (χ2n) is 20.5. The molecule has 12 aromatic carbocycles. The maximum absolute atomic E-state index is 8.63. The number of benzene rings is 12. The van der Waals surface area contributed by atoms with E-state index in [-0.39, 0.29) is 0 Å². The maximum Gasteiger partial charge on any atom is 0.0640 e. The molecular weight excluding hydrogens is 1000 g/mol. The smallest absolute Gasteiger partial charge is 0.0640 e. The molecule has 14 aromatic rings. The molecule has 2 aliphatic rings. The van der Waals surface area contributed by atoms with Gasteiger partial charge in [-0.3, -0.25) is 0 Å². The van der Waals surface area contributed by atoms with Crippen LogP contribution in [-0.2, 0) is 25.5 Å². The highest BCUT2D eigenvalue weighted by Crippen LogP contribution is 2.51. The van der Waals surface area contributed by atoms with Gasteiger partial charge in [0.1, 0.15) is 0 Å². The lowest BCUT2D eigenvalue weighted by atomic mass is 9.85. The summed E-state index contributed by atoms with van der Waals surface area (Å²) in [7, 11) is 0. The van der Waals surface area contributed by atoms with Crippen LogP contribution in [0.2, 0.25) is 0 Å². The van der Waals surface area contributed by atoms with Gasteiger partial charge in [-0.15, -0.1) is 22.7 Å². The first-order chi connectivity index (χ1) is 42.7. The Hall–Kier alpha value is -9.32. The lowest BCUT2D eigenvalue weighted by Gasteiger charge is -2.29. The van der Waals surface area contributed by atoms with Gasteiger partial charge in [0.2, 0.25) is 0 Å². The van der Waals surface area contributed by atoms with E-state index in [1.807, 2.05) is 36.4 Å². The summed E-state index contributed by atoms with van der Waals surface area (Å²) in [6.07, 6.45) is -8.29. The van der Waals surface area contributed by atoms with Gasteiger partial charge in [0.05, 0.1) is 32.1 Å². The summed E-state index contributed by atoms with van der Waals surface area (Å²) in [5, 5.41) is 4.77. The van der Waals surface area contributed by atoms with E-state index in [0.717, 1.165) is 99.2 Å². The van der Waals surface area contributed by atoms with Crippen molar-refractivity contribution in [3.05, 3.63) is 289 Å². The van der Waals surface area contributed by atoms with Crippen molar-refractivity contribution in [3.8, 4) is 55.6 Å². The Morgan fingerprint density at radius 2 is 0.625 bits per heavy atom. The third-order valence-electron chi connectivity index (χ3n) is 15.8. The number of aryl methyl sites for hydroxylation is 4. The van der Waals surface area contributed by atoms with Crippen molar-refractivity contribution in [2.45, 2.75) is 25.5 Å². The molecule has 0 spiro atoms. The number of thiophene rings is 2. The normalized spacial score (nSPS) is 16.6. The molecule has 4 heteroatoms. The minimum Gasteiger partial charge on any atom is -0.308 e. The van der Waals surface area contributed by atoms with Crippen molar-refractivity contribution in [3.63, 3.8) is 0 Å². The minimum atomic E-state index is -2.10. The summed E-state index contributed by atoms with van der Waals surface area (Å²) in [5.74, 6) is 0. The van der Waals surface area contributed by atoms with E-state index in [1.165, 1.54) is 30.9 Å². The van der Waals surface area contributed by atoms with E-state index in [0.29, 0.717) is 22.3 Å². The van der Waals surface area contributed by atoms with Crippen LogP contribution in [0.3, 0.4) is 0 Å². The van der Waals surface area contributed by atoms with Gasteiger partial charge in [0.15, 0.2) is 0 Å². The van der Waals surface area contributed by atoms with E-state index in [2.05, 4.69) is 228 Å². The third-order valence-corrected chi connectivity index (χ3v) is 18.3. The first-order valence-corrected chi connectivity index (χ1v) is 28.6. The molecule has 378 valence electrons. The predicted octanol–water partition coefficient (Wildman–Crippen LogP) is 21.9. The zero-order valence-corrected chi connectivity index (χ0v) is 44.7. The van der Waals surface area contributed by atoms with E-state index < -0.39 is 25.5 Å². The van der Waals surface area contributed by atoms with Gasteiger partial charge >= 0.3 is 0 Å². The predicted molar refractivity (Wildman–Crippen MR) is 344 cm³/mol. The molecule has 2 nitrogen and oxygen atoms in total. The molecule has 0 amide bonds. The summed E-state index contributed by atoms with van der Waals surface area (Å²) >= 11 is 3.57. The molecule has 16 rings (SSSR count). The van der Waals surface area contributed by atoms with Crippen LogP contribution in [0.5, 0.6) is 0 Å². The number of hydrogen-bond donors (Lipinski definition) is 0. The second kappa shape index (κ2) is 19.2. The van der Waals surface area contributed by atoms with Crippen molar-refractivity contribution in [2.75, 3.05) is 9.80 Å². The average molecular weight is 1070 g/mol. The Morgan fingerprint density at radius 3 is 1.07 bits per heavy atom. The summed E-state index contributed by atoms with van der Waals surface area (Å²) in [6.45, 7) is 0. The Kier molecular flexibility index (Phi) is 9.41. The molecule has 0 N–H and O–H groups in total. The van der Waals surface area contributed by atoms with Crippen LogP contribution in [0, 0.1) is 0 Å². The van der Waals surface area contributed by atoms with Gasteiger partial charge in [0, 0.05) is 64.4 Å².